The zero-order valence-electron chi connectivity index (χ0n) is 11.4. The lowest BCUT2D eigenvalue weighted by molar-refractivity contribution is 0.0343. The fourth-order valence-corrected chi connectivity index (χ4v) is 1.59. The zero-order valence-corrected chi connectivity index (χ0v) is 11.4. The molecule has 1 aromatic heterocycles. The van der Waals surface area contributed by atoms with Gasteiger partial charge in [-0.15, -0.1) is 0 Å². The van der Waals surface area contributed by atoms with Crippen LogP contribution in [-0.2, 0) is 6.54 Å². The lowest BCUT2D eigenvalue weighted by atomic mass is 10.1. The van der Waals surface area contributed by atoms with Crippen molar-refractivity contribution >= 4 is 0 Å². The largest absolute Gasteiger partial charge is 0.389 e. The number of hydrogen-bond donors (Lipinski definition) is 1. The summed E-state index contributed by atoms with van der Waals surface area (Å²) in [6.07, 6.45) is 0. The highest BCUT2D eigenvalue weighted by Gasteiger charge is 2.19. The average molecular weight is 241 g/mol. The van der Waals surface area contributed by atoms with E-state index in [1.165, 1.54) is 0 Å². The van der Waals surface area contributed by atoms with Crippen molar-refractivity contribution in [3.8, 4) is 0 Å². The van der Waals surface area contributed by atoms with Gasteiger partial charge in [0, 0.05) is 12.5 Å². The predicted molar refractivity (Wildman–Crippen MR) is 65.6 cm³/mol. The Morgan fingerprint density at radius 3 is 2.47 bits per heavy atom. The first-order valence-corrected chi connectivity index (χ1v) is 6.09. The van der Waals surface area contributed by atoms with E-state index in [2.05, 4.69) is 22.0 Å². The van der Waals surface area contributed by atoms with Crippen LogP contribution in [0.15, 0.2) is 4.52 Å². The van der Waals surface area contributed by atoms with Gasteiger partial charge in [-0.1, -0.05) is 25.9 Å². The van der Waals surface area contributed by atoms with E-state index in [9.17, 15) is 5.11 Å². The van der Waals surface area contributed by atoms with Crippen LogP contribution in [0.3, 0.4) is 0 Å². The van der Waals surface area contributed by atoms with E-state index in [0.717, 1.165) is 6.54 Å². The van der Waals surface area contributed by atoms with Crippen molar-refractivity contribution < 1.29 is 9.63 Å². The third-order valence-corrected chi connectivity index (χ3v) is 2.40. The average Bonchev–Trinajstić information content (AvgIpc) is 2.63. The van der Waals surface area contributed by atoms with Crippen molar-refractivity contribution in [1.29, 1.82) is 0 Å². The molecule has 0 aliphatic carbocycles. The number of aliphatic hydroxyl groups is 1. The first-order valence-electron chi connectivity index (χ1n) is 6.09. The van der Waals surface area contributed by atoms with Crippen LogP contribution < -0.4 is 0 Å². The molecule has 0 saturated heterocycles. The van der Waals surface area contributed by atoms with E-state index >= 15 is 0 Å². The van der Waals surface area contributed by atoms with Crippen molar-refractivity contribution in [2.45, 2.75) is 52.7 Å². The number of aromatic nitrogens is 2. The molecule has 0 spiro atoms. The SMILES string of the molecule is CCN(Cc1noc(C(C)C)n1)CC(C)(C)O. The van der Waals surface area contributed by atoms with E-state index in [4.69, 9.17) is 4.52 Å². The molecule has 0 saturated carbocycles. The number of nitrogens with zero attached hydrogens (tertiary/aromatic N) is 3. The molecule has 0 aliphatic rings. The molecule has 0 aliphatic heterocycles. The van der Waals surface area contributed by atoms with Gasteiger partial charge in [0.1, 0.15) is 0 Å². The fraction of sp³-hybridized carbons (Fsp3) is 0.833. The first kappa shape index (κ1) is 14.1. The summed E-state index contributed by atoms with van der Waals surface area (Å²) in [7, 11) is 0. The molecule has 0 atom stereocenters. The molecule has 1 aromatic rings. The molecule has 1 heterocycles. The Bertz CT molecular complexity index is 342. The summed E-state index contributed by atoms with van der Waals surface area (Å²) < 4.78 is 5.15. The monoisotopic (exact) mass is 241 g/mol. The second-order valence-electron chi connectivity index (χ2n) is 5.32. The van der Waals surface area contributed by atoms with Crippen LogP contribution in [0.1, 0.15) is 52.3 Å². The highest BCUT2D eigenvalue weighted by molar-refractivity contribution is 4.91. The van der Waals surface area contributed by atoms with E-state index in [-0.39, 0.29) is 5.92 Å². The second kappa shape index (κ2) is 5.60. The molecule has 1 N–H and O–H groups in total. The number of rotatable bonds is 6. The Morgan fingerprint density at radius 2 is 2.06 bits per heavy atom. The zero-order chi connectivity index (χ0) is 13.1. The van der Waals surface area contributed by atoms with E-state index < -0.39 is 5.60 Å². The minimum Gasteiger partial charge on any atom is -0.389 e. The molecule has 98 valence electrons. The summed E-state index contributed by atoms with van der Waals surface area (Å²) in [5.74, 6) is 1.60. The third-order valence-electron chi connectivity index (χ3n) is 2.40. The van der Waals surface area contributed by atoms with Crippen molar-refractivity contribution in [3.05, 3.63) is 11.7 Å². The van der Waals surface area contributed by atoms with Gasteiger partial charge in [-0.05, 0) is 20.4 Å². The fourth-order valence-electron chi connectivity index (χ4n) is 1.59. The van der Waals surface area contributed by atoms with Crippen LogP contribution in [0.5, 0.6) is 0 Å². The maximum Gasteiger partial charge on any atom is 0.229 e. The van der Waals surface area contributed by atoms with Gasteiger partial charge >= 0.3 is 0 Å². The minimum atomic E-state index is -0.708. The summed E-state index contributed by atoms with van der Waals surface area (Å²) in [5, 5.41) is 13.7. The highest BCUT2D eigenvalue weighted by Crippen LogP contribution is 2.13. The van der Waals surface area contributed by atoms with E-state index in [0.29, 0.717) is 24.8 Å². The molecule has 0 aromatic carbocycles. The topological polar surface area (TPSA) is 62.4 Å². The summed E-state index contributed by atoms with van der Waals surface area (Å²) in [6.45, 7) is 11.7. The number of hydrogen-bond acceptors (Lipinski definition) is 5. The molecule has 0 fully saturated rings. The smallest absolute Gasteiger partial charge is 0.229 e. The Balaban J connectivity index is 2.61. The van der Waals surface area contributed by atoms with Gasteiger partial charge in [0.05, 0.1) is 12.1 Å². The second-order valence-corrected chi connectivity index (χ2v) is 5.32. The summed E-state index contributed by atoms with van der Waals surface area (Å²) >= 11 is 0. The molecule has 5 heteroatoms. The molecule has 5 nitrogen and oxygen atoms in total. The normalized spacial score (nSPS) is 12.7. The molecule has 0 bridgehead atoms. The van der Waals surface area contributed by atoms with Crippen LogP contribution in [0.2, 0.25) is 0 Å². The quantitative estimate of drug-likeness (QED) is 0.822. The first-order chi connectivity index (χ1) is 7.81. The predicted octanol–water partition coefficient (Wildman–Crippen LogP) is 1.79. The van der Waals surface area contributed by atoms with Crippen molar-refractivity contribution in [1.82, 2.24) is 15.0 Å². The highest BCUT2D eigenvalue weighted by atomic mass is 16.5. The summed E-state index contributed by atoms with van der Waals surface area (Å²) in [6, 6.07) is 0. The molecule has 0 unspecified atom stereocenters. The summed E-state index contributed by atoms with van der Waals surface area (Å²) in [4.78, 5) is 6.42. The standard InChI is InChI=1S/C12H23N3O2/c1-6-15(8-12(4,5)16)7-10-13-11(9(2)3)17-14-10/h9,16H,6-8H2,1-5H3. The molecule has 17 heavy (non-hydrogen) atoms. The lowest BCUT2D eigenvalue weighted by Crippen LogP contribution is -2.38. The van der Waals surface area contributed by atoms with Crippen molar-refractivity contribution in [3.63, 3.8) is 0 Å². The maximum absolute atomic E-state index is 9.78. The van der Waals surface area contributed by atoms with Crippen LogP contribution >= 0.6 is 0 Å². The molecule has 0 radical (unpaired) electrons. The Labute approximate surface area is 103 Å². The summed E-state index contributed by atoms with van der Waals surface area (Å²) in [5.41, 5.74) is -0.708. The Kier molecular flexibility index (Phi) is 4.65. The van der Waals surface area contributed by atoms with Crippen molar-refractivity contribution in [2.75, 3.05) is 13.1 Å². The molecular formula is C12H23N3O2. The van der Waals surface area contributed by atoms with Gasteiger partial charge in [-0.25, -0.2) is 0 Å². The van der Waals surface area contributed by atoms with Gasteiger partial charge < -0.3 is 9.63 Å². The molecular weight excluding hydrogens is 218 g/mol. The van der Waals surface area contributed by atoms with E-state index in [1.807, 2.05) is 13.8 Å². The maximum atomic E-state index is 9.78. The minimum absolute atomic E-state index is 0.251. The number of likely N-dealkylation sites (N-methyl/N-ethyl adjacent to an activating group) is 1. The van der Waals surface area contributed by atoms with Crippen LogP contribution in [0, 0.1) is 0 Å². The third kappa shape index (κ3) is 4.83. The molecule has 1 rings (SSSR count). The molecule has 0 amide bonds. The van der Waals surface area contributed by atoms with Gasteiger partial charge in [0.2, 0.25) is 5.89 Å². The van der Waals surface area contributed by atoms with Crippen LogP contribution in [0.4, 0.5) is 0 Å². The van der Waals surface area contributed by atoms with Crippen molar-refractivity contribution in [2.24, 2.45) is 0 Å². The Hall–Kier alpha value is -0.940. The van der Waals surface area contributed by atoms with Crippen LogP contribution in [-0.4, -0.2) is 38.8 Å². The van der Waals surface area contributed by atoms with Crippen LogP contribution in [0.25, 0.3) is 0 Å². The van der Waals surface area contributed by atoms with E-state index in [1.54, 1.807) is 13.8 Å². The van der Waals surface area contributed by atoms with Gasteiger partial charge in [-0.3, -0.25) is 4.90 Å². The van der Waals surface area contributed by atoms with Gasteiger partial charge in [-0.2, -0.15) is 4.98 Å². The van der Waals surface area contributed by atoms with Gasteiger partial charge in [0.15, 0.2) is 5.82 Å². The Morgan fingerprint density at radius 1 is 1.41 bits per heavy atom. The lowest BCUT2D eigenvalue weighted by Gasteiger charge is -2.26. The van der Waals surface area contributed by atoms with Gasteiger partial charge in [0.25, 0.3) is 0 Å².